The van der Waals surface area contributed by atoms with Crippen molar-refractivity contribution < 1.29 is 43.0 Å². The minimum Gasteiger partial charge on any atom is -0.378 e. The van der Waals surface area contributed by atoms with Crippen LogP contribution in [0.1, 0.15) is 19.3 Å². The van der Waals surface area contributed by atoms with Crippen LogP contribution in [-0.4, -0.2) is 96.1 Å². The van der Waals surface area contributed by atoms with Crippen molar-refractivity contribution in [3.63, 3.8) is 0 Å². The van der Waals surface area contributed by atoms with Crippen LogP contribution in [-0.2, 0) is 43.0 Å². The van der Waals surface area contributed by atoms with Crippen LogP contribution >= 0.6 is 0 Å². The summed E-state index contributed by atoms with van der Waals surface area (Å²) in [5.74, 6) is -1.04. The van der Waals surface area contributed by atoms with Gasteiger partial charge in [0.2, 0.25) is 6.41 Å². The highest BCUT2D eigenvalue weighted by atomic mass is 16.7. The predicted molar refractivity (Wildman–Crippen MR) is 96.1 cm³/mol. The third-order valence-electron chi connectivity index (χ3n) is 3.11. The highest BCUT2D eigenvalue weighted by molar-refractivity contribution is 5.79. The molecule has 0 saturated heterocycles. The number of nitrogens with zero attached hydrogens (tertiary/aromatic N) is 1. The van der Waals surface area contributed by atoms with E-state index in [1.165, 1.54) is 7.05 Å². The Morgan fingerprint density at radius 3 is 1.89 bits per heavy atom. The first-order valence-electron chi connectivity index (χ1n) is 9.00. The third kappa shape index (κ3) is 17.3. The molecule has 0 atom stereocenters. The van der Waals surface area contributed by atoms with E-state index in [1.54, 1.807) is 0 Å². The maximum atomic E-state index is 11.5. The number of amides is 2. The zero-order chi connectivity index (χ0) is 20.9. The molecule has 0 aromatic carbocycles. The monoisotopic (exact) mass is 406 g/mol. The maximum absolute atomic E-state index is 11.5. The van der Waals surface area contributed by atoms with Gasteiger partial charge >= 0.3 is 5.97 Å². The molecule has 11 nitrogen and oxygen atoms in total. The summed E-state index contributed by atoms with van der Waals surface area (Å²) < 4.78 is 21.0. The minimum atomic E-state index is -0.597. The lowest BCUT2D eigenvalue weighted by atomic mass is 10.3. The van der Waals surface area contributed by atoms with E-state index >= 15 is 0 Å². The van der Waals surface area contributed by atoms with Crippen molar-refractivity contribution in [2.24, 2.45) is 0 Å². The number of carbonyl (C=O) groups excluding carboxylic acids is 4. The van der Waals surface area contributed by atoms with Crippen LogP contribution in [0.4, 0.5) is 0 Å². The van der Waals surface area contributed by atoms with Gasteiger partial charge in [-0.2, -0.15) is 5.06 Å². The molecule has 0 bridgehead atoms. The molecule has 0 rings (SSSR count). The van der Waals surface area contributed by atoms with E-state index < -0.39 is 11.9 Å². The van der Waals surface area contributed by atoms with Gasteiger partial charge in [-0.3, -0.25) is 9.59 Å². The molecule has 0 radical (unpaired) electrons. The summed E-state index contributed by atoms with van der Waals surface area (Å²) in [7, 11) is 1.32. The number of ether oxygens (including phenoxy) is 4. The number of aldehydes is 1. The summed E-state index contributed by atoms with van der Waals surface area (Å²) >= 11 is 0. The summed E-state index contributed by atoms with van der Waals surface area (Å²) in [6.07, 6.45) is 1.32. The second-order valence-electron chi connectivity index (χ2n) is 5.33. The zero-order valence-corrected chi connectivity index (χ0v) is 16.3. The summed E-state index contributed by atoms with van der Waals surface area (Å²) in [6, 6.07) is 0. The van der Waals surface area contributed by atoms with Crippen LogP contribution in [0.3, 0.4) is 0 Å². The van der Waals surface area contributed by atoms with Crippen LogP contribution in [0.2, 0.25) is 0 Å². The molecular weight excluding hydrogens is 376 g/mol. The van der Waals surface area contributed by atoms with Gasteiger partial charge in [0.1, 0.15) is 6.29 Å². The SMILES string of the molecule is CN(OC(=O)CCOCCOCCOCCOCCNC=O)C(=O)CCC=O. The second kappa shape index (κ2) is 19.7. The Morgan fingerprint density at radius 2 is 1.36 bits per heavy atom. The quantitative estimate of drug-likeness (QED) is 0.164. The number of hydrogen-bond donors (Lipinski definition) is 1. The summed E-state index contributed by atoms with van der Waals surface area (Å²) in [5.41, 5.74) is 0. The van der Waals surface area contributed by atoms with E-state index in [1.807, 2.05) is 0 Å². The van der Waals surface area contributed by atoms with E-state index in [9.17, 15) is 19.2 Å². The molecule has 11 heteroatoms. The predicted octanol–water partition coefficient (Wildman–Crippen LogP) is -0.915. The Labute approximate surface area is 164 Å². The molecule has 0 fully saturated rings. The average Bonchev–Trinajstić information content (AvgIpc) is 2.68. The zero-order valence-electron chi connectivity index (χ0n) is 16.3. The highest BCUT2D eigenvalue weighted by Gasteiger charge is 2.13. The largest absolute Gasteiger partial charge is 0.378 e. The van der Waals surface area contributed by atoms with Crippen molar-refractivity contribution in [1.29, 1.82) is 0 Å². The van der Waals surface area contributed by atoms with E-state index in [-0.39, 0.29) is 25.9 Å². The van der Waals surface area contributed by atoms with Gasteiger partial charge in [0.05, 0.1) is 59.3 Å². The number of hydroxylamine groups is 2. The van der Waals surface area contributed by atoms with Gasteiger partial charge < -0.3 is 33.9 Å². The lowest BCUT2D eigenvalue weighted by molar-refractivity contribution is -0.193. The molecule has 2 amide bonds. The third-order valence-corrected chi connectivity index (χ3v) is 3.11. The first-order valence-corrected chi connectivity index (χ1v) is 9.00. The molecule has 0 saturated carbocycles. The van der Waals surface area contributed by atoms with Gasteiger partial charge in [0, 0.05) is 26.4 Å². The van der Waals surface area contributed by atoms with E-state index in [0.29, 0.717) is 65.5 Å². The van der Waals surface area contributed by atoms with Gasteiger partial charge in [-0.1, -0.05) is 0 Å². The Bertz CT molecular complexity index is 435. The normalized spacial score (nSPS) is 10.3. The molecule has 1 N–H and O–H groups in total. The first kappa shape index (κ1) is 25.9. The fourth-order valence-corrected chi connectivity index (χ4v) is 1.70. The molecule has 0 aromatic heterocycles. The number of rotatable bonds is 19. The van der Waals surface area contributed by atoms with Crippen LogP contribution < -0.4 is 5.32 Å². The van der Waals surface area contributed by atoms with E-state index in [0.717, 1.165) is 5.06 Å². The summed E-state index contributed by atoms with van der Waals surface area (Å²) in [6.45, 7) is 3.44. The van der Waals surface area contributed by atoms with Crippen LogP contribution in [0.25, 0.3) is 0 Å². The summed E-state index contributed by atoms with van der Waals surface area (Å²) in [5, 5.41) is 3.30. The van der Waals surface area contributed by atoms with E-state index in [4.69, 9.17) is 23.8 Å². The molecule has 28 heavy (non-hydrogen) atoms. The van der Waals surface area contributed by atoms with Crippen molar-refractivity contribution in [1.82, 2.24) is 10.4 Å². The van der Waals surface area contributed by atoms with Crippen molar-refractivity contribution in [2.45, 2.75) is 19.3 Å². The Kier molecular flexibility index (Phi) is 18.2. The fraction of sp³-hybridized carbons (Fsp3) is 0.765. The topological polar surface area (TPSA) is 130 Å². The first-order chi connectivity index (χ1) is 13.6. The molecule has 0 spiro atoms. The lowest BCUT2D eigenvalue weighted by Crippen LogP contribution is -2.30. The van der Waals surface area contributed by atoms with E-state index in [2.05, 4.69) is 5.32 Å². The van der Waals surface area contributed by atoms with Gasteiger partial charge in [0.15, 0.2) is 0 Å². The van der Waals surface area contributed by atoms with Gasteiger partial charge in [-0.15, -0.1) is 0 Å². The minimum absolute atomic E-state index is 0.00319. The fourth-order valence-electron chi connectivity index (χ4n) is 1.70. The summed E-state index contributed by atoms with van der Waals surface area (Å²) in [4.78, 5) is 48.0. The Morgan fingerprint density at radius 1 is 0.821 bits per heavy atom. The molecular formula is C17H30N2O9. The number of carbonyl (C=O) groups is 4. The molecule has 0 aliphatic rings. The average molecular weight is 406 g/mol. The van der Waals surface area contributed by atoms with Crippen LogP contribution in [0, 0.1) is 0 Å². The van der Waals surface area contributed by atoms with Crippen molar-refractivity contribution in [3.05, 3.63) is 0 Å². The van der Waals surface area contributed by atoms with Crippen LogP contribution in [0.5, 0.6) is 0 Å². The molecule has 0 aliphatic carbocycles. The van der Waals surface area contributed by atoms with Gasteiger partial charge in [-0.25, -0.2) is 4.79 Å². The Hall–Kier alpha value is -2.08. The lowest BCUT2D eigenvalue weighted by Gasteiger charge is -2.15. The maximum Gasteiger partial charge on any atom is 0.334 e. The van der Waals surface area contributed by atoms with Gasteiger partial charge in [-0.05, 0) is 0 Å². The highest BCUT2D eigenvalue weighted by Crippen LogP contribution is 1.98. The molecule has 162 valence electrons. The van der Waals surface area contributed by atoms with Crippen molar-refractivity contribution in [2.75, 3.05) is 66.4 Å². The number of hydrogen-bond acceptors (Lipinski definition) is 9. The smallest absolute Gasteiger partial charge is 0.334 e. The van der Waals surface area contributed by atoms with Crippen molar-refractivity contribution >= 4 is 24.6 Å². The van der Waals surface area contributed by atoms with Crippen molar-refractivity contribution in [3.8, 4) is 0 Å². The molecule has 0 unspecified atom stereocenters. The number of nitrogens with one attached hydrogen (secondary N) is 1. The molecule has 0 aromatic rings. The Balaban J connectivity index is 3.34. The standard InChI is InChI=1S/C17H30N2O9/c1-19(16(22)3-2-6-20)28-17(23)4-7-24-9-11-26-13-14-27-12-10-25-8-5-18-15-21/h6,15H,2-5,7-14H2,1H3,(H,18,21). The van der Waals surface area contributed by atoms with Gasteiger partial charge in [0.25, 0.3) is 5.91 Å². The molecule has 0 heterocycles. The second-order valence-corrected chi connectivity index (χ2v) is 5.33. The molecule has 0 aliphatic heterocycles. The van der Waals surface area contributed by atoms with Crippen LogP contribution in [0.15, 0.2) is 0 Å².